The first-order valence-electron chi connectivity index (χ1n) is 9.16. The maximum absolute atomic E-state index is 10.5. The number of hydrogen-bond acceptors (Lipinski definition) is 6. The van der Waals surface area contributed by atoms with Crippen LogP contribution < -0.4 is 10.5 Å². The predicted octanol–water partition coefficient (Wildman–Crippen LogP) is 4.64. The number of nitrogens with zero attached hydrogens (tertiary/aromatic N) is 3. The van der Waals surface area contributed by atoms with E-state index in [1.54, 1.807) is 30.3 Å². The Bertz CT molecular complexity index is 1210. The van der Waals surface area contributed by atoms with Gasteiger partial charge in [0.15, 0.2) is 11.5 Å². The number of aromatic nitrogens is 3. The summed E-state index contributed by atoms with van der Waals surface area (Å²) in [5.41, 5.74) is 8.28. The van der Waals surface area contributed by atoms with Crippen molar-refractivity contribution in [1.82, 2.24) is 14.5 Å². The molecule has 2 heterocycles. The minimum absolute atomic E-state index is 0.0297. The Kier molecular flexibility index (Phi) is 4.30. The second-order valence-corrected chi connectivity index (χ2v) is 7.82. The Balaban J connectivity index is 1.80. The molecule has 148 valence electrons. The van der Waals surface area contributed by atoms with Crippen LogP contribution in [0.15, 0.2) is 55.0 Å². The van der Waals surface area contributed by atoms with Gasteiger partial charge in [0.1, 0.15) is 29.3 Å². The van der Waals surface area contributed by atoms with E-state index in [1.807, 2.05) is 16.8 Å². The van der Waals surface area contributed by atoms with E-state index in [1.165, 1.54) is 12.4 Å². The Hall–Kier alpha value is -3.74. The standard InChI is InChI=1S/C22H22N4O3/c1-22(2,3)26-11-16(19-20(23)24-12-25-21(19)26)13-7-8-18(17(28)9-13)29-15-6-4-5-14(27)10-15/h4-12,27-28H,1-3H3,(H2,23,24,25). The van der Waals surface area contributed by atoms with E-state index in [0.717, 1.165) is 22.2 Å². The van der Waals surface area contributed by atoms with Gasteiger partial charge in [-0.25, -0.2) is 9.97 Å². The molecule has 2 aromatic heterocycles. The number of rotatable bonds is 3. The molecule has 0 saturated heterocycles. The van der Waals surface area contributed by atoms with Crippen LogP contribution in [0.2, 0.25) is 0 Å². The zero-order chi connectivity index (χ0) is 20.8. The number of phenols is 2. The van der Waals surface area contributed by atoms with Crippen LogP contribution in [-0.4, -0.2) is 24.7 Å². The second kappa shape index (κ2) is 6.70. The van der Waals surface area contributed by atoms with Crippen LogP contribution in [0.25, 0.3) is 22.2 Å². The average Bonchev–Trinajstić information content (AvgIpc) is 3.05. The molecule has 0 bridgehead atoms. The molecule has 4 aromatic rings. The highest BCUT2D eigenvalue weighted by Gasteiger charge is 2.22. The fourth-order valence-electron chi connectivity index (χ4n) is 3.26. The van der Waals surface area contributed by atoms with Gasteiger partial charge in [-0.1, -0.05) is 12.1 Å². The first kappa shape index (κ1) is 18.6. The molecule has 0 aliphatic heterocycles. The third kappa shape index (κ3) is 3.42. The number of anilines is 1. The summed E-state index contributed by atoms with van der Waals surface area (Å²) >= 11 is 0. The fourth-order valence-corrected chi connectivity index (χ4v) is 3.26. The highest BCUT2D eigenvalue weighted by atomic mass is 16.5. The third-order valence-corrected chi connectivity index (χ3v) is 4.65. The van der Waals surface area contributed by atoms with E-state index in [9.17, 15) is 10.2 Å². The molecule has 0 atom stereocenters. The minimum atomic E-state index is -0.211. The van der Waals surface area contributed by atoms with Crippen LogP contribution in [0.5, 0.6) is 23.0 Å². The Morgan fingerprint density at radius 1 is 1.03 bits per heavy atom. The van der Waals surface area contributed by atoms with Crippen LogP contribution in [0.3, 0.4) is 0 Å². The monoisotopic (exact) mass is 390 g/mol. The molecule has 7 nitrogen and oxygen atoms in total. The summed E-state index contributed by atoms with van der Waals surface area (Å²) < 4.78 is 7.73. The molecule has 4 N–H and O–H groups in total. The van der Waals surface area contributed by atoms with Crippen molar-refractivity contribution in [2.24, 2.45) is 0 Å². The van der Waals surface area contributed by atoms with Crippen LogP contribution in [0.1, 0.15) is 20.8 Å². The number of fused-ring (bicyclic) bond motifs is 1. The summed E-state index contributed by atoms with van der Waals surface area (Å²) in [5.74, 6) is 1.15. The van der Waals surface area contributed by atoms with E-state index >= 15 is 0 Å². The molecule has 7 heteroatoms. The molecule has 0 aliphatic carbocycles. The molecule has 0 radical (unpaired) electrons. The van der Waals surface area contributed by atoms with Crippen LogP contribution in [0.4, 0.5) is 5.82 Å². The van der Waals surface area contributed by atoms with Crippen molar-refractivity contribution in [3.8, 4) is 34.1 Å². The summed E-state index contributed by atoms with van der Waals surface area (Å²) in [6.07, 6.45) is 3.42. The van der Waals surface area contributed by atoms with Crippen molar-refractivity contribution in [1.29, 1.82) is 0 Å². The van der Waals surface area contributed by atoms with Crippen molar-refractivity contribution < 1.29 is 14.9 Å². The van der Waals surface area contributed by atoms with Gasteiger partial charge < -0.3 is 25.3 Å². The summed E-state index contributed by atoms with van der Waals surface area (Å²) in [4.78, 5) is 8.56. The fraction of sp³-hybridized carbons (Fsp3) is 0.182. The van der Waals surface area contributed by atoms with Gasteiger partial charge in [-0.3, -0.25) is 0 Å². The van der Waals surface area contributed by atoms with E-state index < -0.39 is 0 Å². The summed E-state index contributed by atoms with van der Waals surface area (Å²) in [6, 6.07) is 11.5. The van der Waals surface area contributed by atoms with Crippen molar-refractivity contribution in [2.75, 3.05) is 5.73 Å². The van der Waals surface area contributed by atoms with Crippen LogP contribution >= 0.6 is 0 Å². The van der Waals surface area contributed by atoms with E-state index in [2.05, 4.69) is 30.7 Å². The van der Waals surface area contributed by atoms with Gasteiger partial charge in [-0.05, 0) is 50.6 Å². The molecule has 2 aromatic carbocycles. The van der Waals surface area contributed by atoms with E-state index in [-0.39, 0.29) is 22.8 Å². The maximum Gasteiger partial charge on any atom is 0.169 e. The zero-order valence-corrected chi connectivity index (χ0v) is 16.4. The lowest BCUT2D eigenvalue weighted by Crippen LogP contribution is -2.21. The number of phenolic OH excluding ortho intramolecular Hbond substituents is 2. The highest BCUT2D eigenvalue weighted by Crippen LogP contribution is 2.40. The SMILES string of the molecule is CC(C)(C)n1cc(-c2ccc(Oc3cccc(O)c3)c(O)c2)c2c(N)ncnc21. The smallest absolute Gasteiger partial charge is 0.169 e. The minimum Gasteiger partial charge on any atom is -0.508 e. The number of nitrogens with two attached hydrogens (primary N) is 1. The van der Waals surface area contributed by atoms with Crippen molar-refractivity contribution in [2.45, 2.75) is 26.3 Å². The van der Waals surface area contributed by atoms with E-state index in [0.29, 0.717) is 11.6 Å². The molecular weight excluding hydrogens is 368 g/mol. The number of hydrogen-bond donors (Lipinski definition) is 3. The van der Waals surface area contributed by atoms with Crippen LogP contribution in [0, 0.1) is 0 Å². The second-order valence-electron chi connectivity index (χ2n) is 7.82. The molecule has 4 rings (SSSR count). The average molecular weight is 390 g/mol. The van der Waals surface area contributed by atoms with Gasteiger partial charge in [-0.15, -0.1) is 0 Å². The number of nitrogen functional groups attached to an aromatic ring is 1. The number of ether oxygens (including phenoxy) is 1. The molecule has 0 saturated carbocycles. The van der Waals surface area contributed by atoms with Gasteiger partial charge in [0.05, 0.1) is 5.39 Å². The van der Waals surface area contributed by atoms with Gasteiger partial charge in [0.25, 0.3) is 0 Å². The lowest BCUT2D eigenvalue weighted by atomic mass is 10.1. The zero-order valence-electron chi connectivity index (χ0n) is 16.4. The normalized spacial score (nSPS) is 11.7. The van der Waals surface area contributed by atoms with Crippen molar-refractivity contribution in [3.05, 3.63) is 55.0 Å². The Labute approximate surface area is 168 Å². The molecule has 0 aliphatic rings. The third-order valence-electron chi connectivity index (χ3n) is 4.65. The maximum atomic E-state index is 10.5. The number of benzene rings is 2. The molecule has 0 spiro atoms. The van der Waals surface area contributed by atoms with E-state index in [4.69, 9.17) is 10.5 Å². The molecule has 0 fully saturated rings. The van der Waals surface area contributed by atoms with Gasteiger partial charge >= 0.3 is 0 Å². The molecule has 0 unspecified atom stereocenters. The predicted molar refractivity (Wildman–Crippen MR) is 112 cm³/mol. The quantitative estimate of drug-likeness (QED) is 0.470. The summed E-state index contributed by atoms with van der Waals surface area (Å²) in [5, 5.41) is 20.9. The summed E-state index contributed by atoms with van der Waals surface area (Å²) in [6.45, 7) is 6.24. The first-order valence-corrected chi connectivity index (χ1v) is 9.16. The van der Waals surface area contributed by atoms with Crippen molar-refractivity contribution in [3.63, 3.8) is 0 Å². The van der Waals surface area contributed by atoms with Gasteiger partial charge in [0.2, 0.25) is 0 Å². The van der Waals surface area contributed by atoms with Crippen LogP contribution in [-0.2, 0) is 5.54 Å². The van der Waals surface area contributed by atoms with Crippen molar-refractivity contribution >= 4 is 16.9 Å². The summed E-state index contributed by atoms with van der Waals surface area (Å²) in [7, 11) is 0. The molecular formula is C22H22N4O3. The molecule has 0 amide bonds. The Morgan fingerprint density at radius 2 is 1.83 bits per heavy atom. The highest BCUT2D eigenvalue weighted by molar-refractivity contribution is 6.01. The Morgan fingerprint density at radius 3 is 2.52 bits per heavy atom. The van der Waals surface area contributed by atoms with Gasteiger partial charge in [0, 0.05) is 23.4 Å². The molecule has 29 heavy (non-hydrogen) atoms. The number of aromatic hydroxyl groups is 2. The first-order chi connectivity index (χ1) is 13.7. The van der Waals surface area contributed by atoms with Gasteiger partial charge in [-0.2, -0.15) is 0 Å². The topological polar surface area (TPSA) is 106 Å². The lowest BCUT2D eigenvalue weighted by molar-refractivity contribution is 0.407. The lowest BCUT2D eigenvalue weighted by Gasteiger charge is -2.21. The largest absolute Gasteiger partial charge is 0.508 e.